The number of aromatic nitrogens is 2. The Labute approximate surface area is 186 Å². The number of hydrogen-bond donors (Lipinski definition) is 1. The number of hydrogen-bond acceptors (Lipinski definition) is 5. The van der Waals surface area contributed by atoms with Gasteiger partial charge in [0.15, 0.2) is 17.3 Å². The molecule has 0 atom stereocenters. The summed E-state index contributed by atoms with van der Waals surface area (Å²) in [6, 6.07) is 12.8. The van der Waals surface area contributed by atoms with E-state index in [4.69, 9.17) is 14.2 Å². The zero-order valence-corrected chi connectivity index (χ0v) is 18.4. The summed E-state index contributed by atoms with van der Waals surface area (Å²) in [5.74, 6) is 1.87. The number of aromatic amines is 1. The number of ether oxygens (including phenoxy) is 3. The molecule has 0 unspecified atom stereocenters. The topological polar surface area (TPSA) is 82.5 Å². The second-order valence-electron chi connectivity index (χ2n) is 8.01. The molecule has 4 rings (SSSR count). The number of imidazole rings is 1. The van der Waals surface area contributed by atoms with Crippen molar-refractivity contribution in [1.29, 1.82) is 0 Å². The molecule has 7 heteroatoms. The number of carbonyl (C=O) groups is 1. The quantitative estimate of drug-likeness (QED) is 0.513. The van der Waals surface area contributed by atoms with Gasteiger partial charge < -0.3 is 19.2 Å². The van der Waals surface area contributed by atoms with Gasteiger partial charge in [-0.1, -0.05) is 12.1 Å². The molecule has 1 aliphatic carbocycles. The summed E-state index contributed by atoms with van der Waals surface area (Å²) in [5.41, 5.74) is 1.86. The van der Waals surface area contributed by atoms with Crippen LogP contribution in [0.3, 0.4) is 0 Å². The van der Waals surface area contributed by atoms with Gasteiger partial charge in [-0.05, 0) is 61.6 Å². The van der Waals surface area contributed by atoms with Crippen molar-refractivity contribution in [2.24, 2.45) is 0 Å². The van der Waals surface area contributed by atoms with Crippen LogP contribution in [0, 0.1) is 0 Å². The number of carbonyl (C=O) groups excluding carboxylic acids is 1. The molecule has 1 aromatic heterocycles. The van der Waals surface area contributed by atoms with E-state index in [0.717, 1.165) is 37.0 Å². The zero-order valence-electron chi connectivity index (χ0n) is 18.4. The van der Waals surface area contributed by atoms with E-state index in [0.29, 0.717) is 29.3 Å². The highest BCUT2D eigenvalue weighted by atomic mass is 16.5. The maximum atomic E-state index is 13.1. The molecule has 168 valence electrons. The fourth-order valence-electron chi connectivity index (χ4n) is 4.06. The molecule has 0 spiro atoms. The maximum absolute atomic E-state index is 13.1. The van der Waals surface area contributed by atoms with Crippen molar-refractivity contribution in [2.75, 3.05) is 14.2 Å². The Bertz CT molecular complexity index is 1120. The molecule has 1 heterocycles. The van der Waals surface area contributed by atoms with E-state index in [-0.39, 0.29) is 24.0 Å². The van der Waals surface area contributed by atoms with Gasteiger partial charge in [0.25, 0.3) is 0 Å². The van der Waals surface area contributed by atoms with Crippen LogP contribution in [0.5, 0.6) is 17.2 Å². The van der Waals surface area contributed by atoms with Gasteiger partial charge in [-0.2, -0.15) is 0 Å². The highest BCUT2D eigenvalue weighted by Gasteiger charge is 2.20. The van der Waals surface area contributed by atoms with E-state index in [2.05, 4.69) is 4.98 Å². The average Bonchev–Trinajstić information content (AvgIpc) is 3.45. The molecule has 2 aromatic carbocycles. The van der Waals surface area contributed by atoms with E-state index in [9.17, 15) is 9.59 Å². The van der Waals surface area contributed by atoms with Crippen LogP contribution in [0.4, 0.5) is 0 Å². The highest BCUT2D eigenvalue weighted by molar-refractivity contribution is 5.97. The predicted octanol–water partition coefficient (Wildman–Crippen LogP) is 3.99. The van der Waals surface area contributed by atoms with Crippen LogP contribution in [-0.4, -0.2) is 35.7 Å². The van der Waals surface area contributed by atoms with Crippen molar-refractivity contribution in [3.63, 3.8) is 0 Å². The second-order valence-corrected chi connectivity index (χ2v) is 8.01. The van der Waals surface area contributed by atoms with Crippen LogP contribution in [-0.2, 0) is 13.0 Å². The number of rotatable bonds is 9. The van der Waals surface area contributed by atoms with Crippen LogP contribution < -0.4 is 19.9 Å². The number of benzene rings is 2. The van der Waals surface area contributed by atoms with Crippen molar-refractivity contribution in [3.05, 3.63) is 76.0 Å². The minimum Gasteiger partial charge on any atom is -0.497 e. The van der Waals surface area contributed by atoms with Gasteiger partial charge in [-0.15, -0.1) is 0 Å². The van der Waals surface area contributed by atoms with Crippen LogP contribution in [0.1, 0.15) is 47.3 Å². The third-order valence-electron chi connectivity index (χ3n) is 5.88. The van der Waals surface area contributed by atoms with Crippen molar-refractivity contribution < 1.29 is 19.0 Å². The van der Waals surface area contributed by atoms with E-state index in [1.54, 1.807) is 43.2 Å². The highest BCUT2D eigenvalue weighted by Crippen LogP contribution is 2.32. The Morgan fingerprint density at radius 1 is 1.03 bits per heavy atom. The third kappa shape index (κ3) is 4.88. The summed E-state index contributed by atoms with van der Waals surface area (Å²) in [5, 5.41) is 0. The molecule has 7 nitrogen and oxygen atoms in total. The Morgan fingerprint density at radius 2 is 1.78 bits per heavy atom. The summed E-state index contributed by atoms with van der Waals surface area (Å²) < 4.78 is 18.3. The van der Waals surface area contributed by atoms with Gasteiger partial charge in [0.1, 0.15) is 5.75 Å². The second kappa shape index (κ2) is 9.77. The molecular weight excluding hydrogens is 408 g/mol. The predicted molar refractivity (Wildman–Crippen MR) is 121 cm³/mol. The Balaban J connectivity index is 1.52. The SMILES string of the molecule is COc1ccc(Cn2c(CC(=O)c3ccc(OC)c(OC4CCCC4)c3)c[nH]c2=O)cc1. The monoisotopic (exact) mass is 436 g/mol. The van der Waals surface area contributed by atoms with Crippen LogP contribution in [0.2, 0.25) is 0 Å². The number of methoxy groups -OCH3 is 2. The Morgan fingerprint density at radius 3 is 2.47 bits per heavy atom. The smallest absolute Gasteiger partial charge is 0.326 e. The van der Waals surface area contributed by atoms with Crippen LogP contribution >= 0.6 is 0 Å². The molecule has 0 aliphatic heterocycles. The largest absolute Gasteiger partial charge is 0.497 e. The van der Waals surface area contributed by atoms with Gasteiger partial charge in [0.2, 0.25) is 0 Å². The van der Waals surface area contributed by atoms with Crippen LogP contribution in [0.15, 0.2) is 53.5 Å². The van der Waals surface area contributed by atoms with E-state index in [1.807, 2.05) is 24.3 Å². The van der Waals surface area contributed by atoms with E-state index >= 15 is 0 Å². The fourth-order valence-corrected chi connectivity index (χ4v) is 4.06. The molecule has 0 saturated heterocycles. The first-order chi connectivity index (χ1) is 15.6. The molecule has 0 radical (unpaired) electrons. The zero-order chi connectivity index (χ0) is 22.5. The van der Waals surface area contributed by atoms with Gasteiger partial charge >= 0.3 is 5.69 Å². The summed E-state index contributed by atoms with van der Waals surface area (Å²) in [6.07, 6.45) is 6.21. The molecule has 1 saturated carbocycles. The molecule has 0 amide bonds. The minimum absolute atomic E-state index is 0.0913. The van der Waals surface area contributed by atoms with E-state index in [1.165, 1.54) is 0 Å². The standard InChI is InChI=1S/C25H28N2O5/c1-30-20-10-7-17(8-11-20)16-27-19(15-26-25(27)29)14-22(28)18-9-12-23(31-2)24(13-18)32-21-5-3-4-6-21/h7-13,15,21H,3-6,14,16H2,1-2H3,(H,26,29). The fraction of sp³-hybridized carbons (Fsp3) is 0.360. The summed E-state index contributed by atoms with van der Waals surface area (Å²) >= 11 is 0. The van der Waals surface area contributed by atoms with Gasteiger partial charge in [-0.3, -0.25) is 9.36 Å². The molecule has 1 fully saturated rings. The minimum atomic E-state index is -0.247. The number of Topliss-reactive ketones (excluding diaryl/α,β-unsaturated/α-hetero) is 1. The molecular formula is C25H28N2O5. The van der Waals surface area contributed by atoms with Gasteiger partial charge in [0.05, 0.1) is 33.3 Å². The molecule has 1 aliphatic rings. The lowest BCUT2D eigenvalue weighted by Gasteiger charge is -2.16. The first-order valence-electron chi connectivity index (χ1n) is 10.9. The summed E-state index contributed by atoms with van der Waals surface area (Å²) in [7, 11) is 3.20. The Kier molecular flexibility index (Phi) is 6.63. The molecule has 3 aromatic rings. The third-order valence-corrected chi connectivity index (χ3v) is 5.88. The molecule has 0 bridgehead atoms. The van der Waals surface area contributed by atoms with Crippen molar-refractivity contribution in [3.8, 4) is 17.2 Å². The number of nitrogens with one attached hydrogen (secondary N) is 1. The number of H-pyrrole nitrogens is 1. The van der Waals surface area contributed by atoms with Gasteiger partial charge in [-0.25, -0.2) is 4.79 Å². The Hall–Kier alpha value is -3.48. The summed E-state index contributed by atoms with van der Waals surface area (Å²) in [6.45, 7) is 0.369. The summed E-state index contributed by atoms with van der Waals surface area (Å²) in [4.78, 5) is 28.1. The first kappa shape index (κ1) is 21.7. The van der Waals surface area contributed by atoms with Crippen molar-refractivity contribution in [2.45, 2.75) is 44.8 Å². The number of nitrogens with zero attached hydrogens (tertiary/aromatic N) is 1. The number of ketones is 1. The normalized spacial score (nSPS) is 13.8. The lowest BCUT2D eigenvalue weighted by Crippen LogP contribution is -2.21. The average molecular weight is 437 g/mol. The lowest BCUT2D eigenvalue weighted by atomic mass is 10.1. The lowest BCUT2D eigenvalue weighted by molar-refractivity contribution is 0.0990. The van der Waals surface area contributed by atoms with E-state index < -0.39 is 0 Å². The maximum Gasteiger partial charge on any atom is 0.326 e. The molecule has 32 heavy (non-hydrogen) atoms. The van der Waals surface area contributed by atoms with Crippen LogP contribution in [0.25, 0.3) is 0 Å². The van der Waals surface area contributed by atoms with Crippen molar-refractivity contribution >= 4 is 5.78 Å². The van der Waals surface area contributed by atoms with Crippen molar-refractivity contribution in [1.82, 2.24) is 9.55 Å². The van der Waals surface area contributed by atoms with Gasteiger partial charge in [0, 0.05) is 17.5 Å². The molecule has 1 N–H and O–H groups in total. The first-order valence-corrected chi connectivity index (χ1v) is 10.9.